The highest BCUT2D eigenvalue weighted by Gasteiger charge is 2.31. The molecule has 1 heterocycles. The van der Waals surface area contributed by atoms with Gasteiger partial charge in [0.25, 0.3) is 0 Å². The monoisotopic (exact) mass is 386 g/mol. The van der Waals surface area contributed by atoms with Crippen LogP contribution in [0.15, 0.2) is 71.6 Å². The van der Waals surface area contributed by atoms with Crippen molar-refractivity contribution in [2.45, 2.75) is 19.9 Å². The summed E-state index contributed by atoms with van der Waals surface area (Å²) in [5.41, 5.74) is 1.93. The van der Waals surface area contributed by atoms with E-state index in [1.165, 1.54) is 29.2 Å². The molecule has 0 bridgehead atoms. The van der Waals surface area contributed by atoms with Gasteiger partial charge in [-0.15, -0.1) is 0 Å². The summed E-state index contributed by atoms with van der Waals surface area (Å²) < 4.78 is 41.6. The number of aliphatic imine (C=N–C) groups is 1. The Balaban J connectivity index is 2.16. The molecule has 0 aromatic heterocycles. The Labute approximate surface area is 162 Å². The van der Waals surface area contributed by atoms with E-state index >= 15 is 0 Å². The molecule has 0 saturated carbocycles. The number of amidine groups is 1. The van der Waals surface area contributed by atoms with Gasteiger partial charge in [0.05, 0.1) is 18.3 Å². The largest absolute Gasteiger partial charge is 0.392 e. The lowest BCUT2D eigenvalue weighted by atomic mass is 9.97. The molecule has 28 heavy (non-hydrogen) atoms. The highest BCUT2D eigenvalue weighted by molar-refractivity contribution is 5.93. The molecule has 0 aliphatic carbocycles. The maximum Gasteiger partial charge on any atom is 0.194 e. The van der Waals surface area contributed by atoms with Gasteiger partial charge in [0.15, 0.2) is 5.95 Å². The summed E-state index contributed by atoms with van der Waals surface area (Å²) in [6, 6.07) is 11.1. The summed E-state index contributed by atoms with van der Waals surface area (Å²) >= 11 is 0. The second-order valence-corrected chi connectivity index (χ2v) is 6.76. The summed E-state index contributed by atoms with van der Waals surface area (Å²) in [6.45, 7) is 3.30. The zero-order valence-corrected chi connectivity index (χ0v) is 15.6. The van der Waals surface area contributed by atoms with Crippen molar-refractivity contribution in [2.24, 2.45) is 10.9 Å². The van der Waals surface area contributed by atoms with E-state index in [4.69, 9.17) is 5.11 Å². The predicted octanol–water partition coefficient (Wildman–Crippen LogP) is 5.22. The molecule has 2 aromatic rings. The Morgan fingerprint density at radius 1 is 1.07 bits per heavy atom. The van der Waals surface area contributed by atoms with Crippen LogP contribution in [0.5, 0.6) is 0 Å². The van der Waals surface area contributed by atoms with E-state index in [-0.39, 0.29) is 11.7 Å². The van der Waals surface area contributed by atoms with Crippen molar-refractivity contribution in [1.29, 1.82) is 0 Å². The molecule has 6 heteroatoms. The van der Waals surface area contributed by atoms with E-state index in [0.717, 1.165) is 6.08 Å². The van der Waals surface area contributed by atoms with Gasteiger partial charge in [0, 0.05) is 11.5 Å². The van der Waals surface area contributed by atoms with E-state index in [9.17, 15) is 13.2 Å². The number of rotatable bonds is 5. The molecule has 0 radical (unpaired) electrons. The third kappa shape index (κ3) is 4.17. The average Bonchev–Trinajstić information content (AvgIpc) is 2.68. The number of nitrogens with zero attached hydrogens (tertiary/aromatic N) is 2. The van der Waals surface area contributed by atoms with E-state index in [1.807, 2.05) is 13.8 Å². The topological polar surface area (TPSA) is 35.8 Å². The first-order valence-electron chi connectivity index (χ1n) is 8.98. The molecule has 0 fully saturated rings. The second-order valence-electron chi connectivity index (χ2n) is 6.76. The first kappa shape index (κ1) is 19.9. The predicted molar refractivity (Wildman–Crippen MR) is 104 cm³/mol. The Kier molecular flexibility index (Phi) is 5.99. The van der Waals surface area contributed by atoms with Crippen LogP contribution in [-0.2, 0) is 0 Å². The van der Waals surface area contributed by atoms with E-state index in [2.05, 4.69) is 4.99 Å². The first-order chi connectivity index (χ1) is 13.4. The van der Waals surface area contributed by atoms with Crippen molar-refractivity contribution in [3.63, 3.8) is 0 Å². The quantitative estimate of drug-likeness (QED) is 0.715. The van der Waals surface area contributed by atoms with Gasteiger partial charge in [-0.3, -0.25) is 4.90 Å². The fraction of sp³-hybridized carbons (Fsp3) is 0.227. The number of hydrogen-bond acceptors (Lipinski definition) is 3. The molecule has 146 valence electrons. The average molecular weight is 386 g/mol. The van der Waals surface area contributed by atoms with Gasteiger partial charge >= 0.3 is 0 Å². The highest BCUT2D eigenvalue weighted by atomic mass is 19.1. The lowest BCUT2D eigenvalue weighted by Crippen LogP contribution is -2.37. The van der Waals surface area contributed by atoms with Crippen LogP contribution in [0.25, 0.3) is 5.70 Å². The standard InChI is InChI=1S/C22H21F3N2O/c1-14(2)22-26-19(15-3-7-17(23)8-4-15)13-20(27(22)21(25)11-12-28)16-5-9-18(24)10-6-16/h3-11,13-14,20,28H,12H2,1-2H3/b21-11+. The van der Waals surface area contributed by atoms with Crippen molar-refractivity contribution in [3.8, 4) is 0 Å². The van der Waals surface area contributed by atoms with Crippen LogP contribution < -0.4 is 0 Å². The zero-order valence-electron chi connectivity index (χ0n) is 15.6. The molecule has 0 amide bonds. The molecular weight excluding hydrogens is 365 g/mol. The van der Waals surface area contributed by atoms with Crippen molar-refractivity contribution in [3.05, 3.63) is 89.4 Å². The van der Waals surface area contributed by atoms with Gasteiger partial charge < -0.3 is 5.11 Å². The van der Waals surface area contributed by atoms with E-state index in [1.54, 1.807) is 30.3 Å². The molecule has 3 nitrogen and oxygen atoms in total. The lowest BCUT2D eigenvalue weighted by Gasteiger charge is -2.36. The van der Waals surface area contributed by atoms with Crippen LogP contribution in [-0.4, -0.2) is 22.4 Å². The third-order valence-electron chi connectivity index (χ3n) is 4.43. The summed E-state index contributed by atoms with van der Waals surface area (Å²) in [4.78, 5) is 5.99. The molecule has 1 aliphatic heterocycles. The number of halogens is 3. The Hall–Kier alpha value is -2.86. The van der Waals surface area contributed by atoms with Crippen molar-refractivity contribution >= 4 is 11.5 Å². The minimum atomic E-state index is -0.640. The second kappa shape index (κ2) is 8.44. The Morgan fingerprint density at radius 3 is 2.18 bits per heavy atom. The smallest absolute Gasteiger partial charge is 0.194 e. The molecule has 1 aliphatic rings. The fourth-order valence-corrected chi connectivity index (χ4v) is 3.09. The van der Waals surface area contributed by atoms with Crippen LogP contribution in [0.2, 0.25) is 0 Å². The zero-order chi connectivity index (χ0) is 20.3. The lowest BCUT2D eigenvalue weighted by molar-refractivity contribution is 0.302. The number of hydrogen-bond donors (Lipinski definition) is 1. The minimum absolute atomic E-state index is 0.134. The summed E-state index contributed by atoms with van der Waals surface area (Å²) in [5, 5.41) is 9.16. The van der Waals surface area contributed by atoms with E-state index in [0.29, 0.717) is 22.7 Å². The fourth-order valence-electron chi connectivity index (χ4n) is 3.09. The van der Waals surface area contributed by atoms with Gasteiger partial charge in [-0.1, -0.05) is 26.0 Å². The van der Waals surface area contributed by atoms with Gasteiger partial charge in [0.1, 0.15) is 17.5 Å². The van der Waals surface area contributed by atoms with Crippen molar-refractivity contribution < 1.29 is 18.3 Å². The Bertz CT molecular complexity index is 916. The molecule has 2 aromatic carbocycles. The van der Waals surface area contributed by atoms with Gasteiger partial charge in [0.2, 0.25) is 0 Å². The van der Waals surface area contributed by atoms with Crippen molar-refractivity contribution in [2.75, 3.05) is 6.61 Å². The molecule has 0 saturated heterocycles. The highest BCUT2D eigenvalue weighted by Crippen LogP contribution is 2.36. The summed E-state index contributed by atoms with van der Waals surface area (Å²) in [6.07, 6.45) is 2.81. The van der Waals surface area contributed by atoms with Crippen LogP contribution in [0.4, 0.5) is 13.2 Å². The maximum absolute atomic E-state index is 14.9. The summed E-state index contributed by atoms with van der Waals surface area (Å²) in [7, 11) is 0. The van der Waals surface area contributed by atoms with Gasteiger partial charge in [-0.25, -0.2) is 13.8 Å². The van der Waals surface area contributed by atoms with Gasteiger partial charge in [-0.05, 0) is 54.1 Å². The third-order valence-corrected chi connectivity index (χ3v) is 4.43. The molecule has 3 rings (SSSR count). The number of aliphatic hydroxyl groups excluding tert-OH is 1. The first-order valence-corrected chi connectivity index (χ1v) is 8.98. The maximum atomic E-state index is 14.9. The van der Waals surface area contributed by atoms with Crippen molar-refractivity contribution in [1.82, 2.24) is 4.90 Å². The van der Waals surface area contributed by atoms with Crippen LogP contribution >= 0.6 is 0 Å². The van der Waals surface area contributed by atoms with Crippen LogP contribution in [0, 0.1) is 17.6 Å². The molecular formula is C22H21F3N2O. The van der Waals surface area contributed by atoms with Crippen LogP contribution in [0.1, 0.15) is 31.0 Å². The SMILES string of the molecule is CC(C)C1=NC(c2ccc(F)cc2)=CC(c2ccc(F)cc2)N1/C(F)=C/CO. The number of benzene rings is 2. The van der Waals surface area contributed by atoms with E-state index < -0.39 is 24.4 Å². The van der Waals surface area contributed by atoms with Gasteiger partial charge in [-0.2, -0.15) is 4.39 Å². The molecule has 1 N–H and O–H groups in total. The Morgan fingerprint density at radius 2 is 1.64 bits per heavy atom. The van der Waals surface area contributed by atoms with Crippen LogP contribution in [0.3, 0.4) is 0 Å². The summed E-state index contributed by atoms with van der Waals surface area (Å²) in [5.74, 6) is -1.07. The molecule has 0 spiro atoms. The normalized spacial score (nSPS) is 17.6. The molecule has 1 unspecified atom stereocenters. The minimum Gasteiger partial charge on any atom is -0.392 e. The number of aliphatic hydroxyl groups is 1. The molecule has 1 atom stereocenters.